The molecule has 1 atom stereocenters. The molecule has 9 nitrogen and oxygen atoms in total. The van der Waals surface area contributed by atoms with E-state index in [1.807, 2.05) is 36.9 Å². The van der Waals surface area contributed by atoms with Crippen molar-refractivity contribution in [2.75, 3.05) is 26.0 Å². The summed E-state index contributed by atoms with van der Waals surface area (Å²) in [6.45, 7) is 3.57. The molecule has 1 unspecified atom stereocenters. The van der Waals surface area contributed by atoms with E-state index in [2.05, 4.69) is 42.2 Å². The molecule has 1 aliphatic heterocycles. The average Bonchev–Trinajstić information content (AvgIpc) is 3.21. The molecule has 2 N–H and O–H groups in total. The summed E-state index contributed by atoms with van der Waals surface area (Å²) in [6, 6.07) is 0.295. The number of rotatable bonds is 5. The quantitative estimate of drug-likeness (QED) is 0.590. The maximum atomic E-state index is 4.57. The Kier molecular flexibility index (Phi) is 5.43. The minimum Gasteiger partial charge on any atom is -0.352 e. The highest BCUT2D eigenvalue weighted by molar-refractivity contribution is 5.79. The van der Waals surface area contributed by atoms with E-state index in [0.29, 0.717) is 12.6 Å². The Bertz CT molecular complexity index is 771. The molecular formula is C17H29N9. The predicted octanol–water partition coefficient (Wildman–Crippen LogP) is 0.320. The van der Waals surface area contributed by atoms with Gasteiger partial charge in [0.1, 0.15) is 5.82 Å². The first kappa shape index (κ1) is 18.2. The largest absolute Gasteiger partial charge is 0.352 e. The summed E-state index contributed by atoms with van der Waals surface area (Å²) in [6.07, 6.45) is 4.74. The van der Waals surface area contributed by atoms with Crippen LogP contribution in [-0.2, 0) is 33.0 Å². The molecule has 0 saturated heterocycles. The summed E-state index contributed by atoms with van der Waals surface area (Å²) < 4.78 is 4.10. The highest BCUT2D eigenvalue weighted by Crippen LogP contribution is 2.14. The third kappa shape index (κ3) is 3.81. The van der Waals surface area contributed by atoms with Gasteiger partial charge in [-0.2, -0.15) is 5.10 Å². The van der Waals surface area contributed by atoms with Gasteiger partial charge in [-0.25, -0.2) is 14.6 Å². The molecule has 0 fully saturated rings. The van der Waals surface area contributed by atoms with Crippen LogP contribution in [0.4, 0.5) is 5.95 Å². The number of nitrogens with one attached hydrogen (secondary N) is 2. The lowest BCUT2D eigenvalue weighted by Gasteiger charge is -2.25. The third-order valence-electron chi connectivity index (χ3n) is 4.68. The van der Waals surface area contributed by atoms with E-state index in [-0.39, 0.29) is 0 Å². The van der Waals surface area contributed by atoms with Gasteiger partial charge in [-0.05, 0) is 6.42 Å². The normalized spacial score (nSPS) is 17.1. The van der Waals surface area contributed by atoms with Crippen LogP contribution in [-0.4, -0.2) is 57.5 Å². The number of anilines is 1. The average molecular weight is 359 g/mol. The lowest BCUT2D eigenvalue weighted by atomic mass is 10.1. The maximum Gasteiger partial charge on any atom is 0.204 e. The summed E-state index contributed by atoms with van der Waals surface area (Å²) in [7, 11) is 7.80. The number of aliphatic imine (C=N–C) groups is 1. The van der Waals surface area contributed by atoms with Crippen LogP contribution in [0.15, 0.2) is 11.2 Å². The molecule has 9 heteroatoms. The van der Waals surface area contributed by atoms with E-state index in [9.17, 15) is 0 Å². The fourth-order valence-electron chi connectivity index (χ4n) is 3.20. The van der Waals surface area contributed by atoms with Crippen molar-refractivity contribution in [2.24, 2.45) is 12.0 Å². The molecule has 142 valence electrons. The maximum absolute atomic E-state index is 4.57. The van der Waals surface area contributed by atoms with E-state index < -0.39 is 0 Å². The van der Waals surface area contributed by atoms with E-state index in [0.717, 1.165) is 55.1 Å². The van der Waals surface area contributed by atoms with E-state index in [4.69, 9.17) is 0 Å². The molecule has 1 aliphatic rings. The molecule has 3 heterocycles. The Morgan fingerprint density at radius 1 is 1.42 bits per heavy atom. The Hall–Kier alpha value is -2.58. The van der Waals surface area contributed by atoms with Crippen LogP contribution >= 0.6 is 0 Å². The summed E-state index contributed by atoms with van der Waals surface area (Å²) >= 11 is 0. The lowest BCUT2D eigenvalue weighted by molar-refractivity contribution is 0.392. The van der Waals surface area contributed by atoms with Crippen LogP contribution in [0, 0.1) is 0 Å². The van der Waals surface area contributed by atoms with E-state index >= 15 is 0 Å². The fourth-order valence-corrected chi connectivity index (χ4v) is 3.20. The molecule has 0 aromatic carbocycles. The van der Waals surface area contributed by atoms with Gasteiger partial charge in [0.05, 0.1) is 25.0 Å². The Balaban J connectivity index is 1.57. The zero-order valence-electron chi connectivity index (χ0n) is 16.3. The van der Waals surface area contributed by atoms with E-state index in [1.165, 1.54) is 0 Å². The zero-order chi connectivity index (χ0) is 18.7. The molecule has 26 heavy (non-hydrogen) atoms. The molecule has 3 rings (SSSR count). The number of aryl methyl sites for hydroxylation is 2. The molecular weight excluding hydrogens is 330 g/mol. The minimum atomic E-state index is 0.295. The number of hydrogen-bond acceptors (Lipinski definition) is 5. The minimum absolute atomic E-state index is 0.295. The summed E-state index contributed by atoms with van der Waals surface area (Å²) in [4.78, 5) is 15.4. The van der Waals surface area contributed by atoms with Crippen molar-refractivity contribution in [3.8, 4) is 0 Å². The molecule has 0 radical (unpaired) electrons. The van der Waals surface area contributed by atoms with Crippen LogP contribution in [0.3, 0.4) is 0 Å². The number of imidazole rings is 1. The van der Waals surface area contributed by atoms with Gasteiger partial charge in [-0.1, -0.05) is 6.92 Å². The van der Waals surface area contributed by atoms with Crippen molar-refractivity contribution < 1.29 is 0 Å². The topological polar surface area (TPSA) is 88.2 Å². The van der Waals surface area contributed by atoms with Crippen LogP contribution in [0.2, 0.25) is 0 Å². The van der Waals surface area contributed by atoms with Gasteiger partial charge in [-0.3, -0.25) is 4.99 Å². The monoisotopic (exact) mass is 359 g/mol. The van der Waals surface area contributed by atoms with Crippen molar-refractivity contribution in [2.45, 2.75) is 45.3 Å². The van der Waals surface area contributed by atoms with E-state index in [1.54, 1.807) is 7.05 Å². The fraction of sp³-hybridized carbons (Fsp3) is 0.647. The lowest BCUT2D eigenvalue weighted by Crippen LogP contribution is -2.47. The SMILES string of the molecule is CCc1nc2n(n1)CC(NC(=NC)NCc1cnc(N(C)C)n1C)CC2. The first-order valence-electron chi connectivity index (χ1n) is 9.09. The van der Waals surface area contributed by atoms with Crippen LogP contribution in [0.25, 0.3) is 0 Å². The predicted molar refractivity (Wildman–Crippen MR) is 102 cm³/mol. The molecule has 2 aromatic heterocycles. The van der Waals surface area contributed by atoms with Gasteiger partial charge in [-0.15, -0.1) is 0 Å². The Morgan fingerprint density at radius 2 is 2.23 bits per heavy atom. The summed E-state index contributed by atoms with van der Waals surface area (Å²) in [5.41, 5.74) is 1.10. The first-order valence-corrected chi connectivity index (χ1v) is 9.09. The molecule has 0 saturated carbocycles. The number of guanidine groups is 1. The number of fused-ring (bicyclic) bond motifs is 1. The second kappa shape index (κ2) is 7.76. The van der Waals surface area contributed by atoms with Gasteiger partial charge < -0.3 is 20.1 Å². The molecule has 0 aliphatic carbocycles. The zero-order valence-corrected chi connectivity index (χ0v) is 16.3. The highest BCUT2D eigenvalue weighted by Gasteiger charge is 2.22. The van der Waals surface area contributed by atoms with Crippen LogP contribution in [0.1, 0.15) is 30.7 Å². The number of hydrogen-bond donors (Lipinski definition) is 2. The Labute approximate surface area is 154 Å². The van der Waals surface area contributed by atoms with Crippen molar-refractivity contribution in [3.05, 3.63) is 23.5 Å². The number of aromatic nitrogens is 5. The first-order chi connectivity index (χ1) is 12.5. The van der Waals surface area contributed by atoms with Crippen molar-refractivity contribution >= 4 is 11.9 Å². The van der Waals surface area contributed by atoms with Crippen LogP contribution < -0.4 is 15.5 Å². The van der Waals surface area contributed by atoms with Crippen molar-refractivity contribution in [1.29, 1.82) is 0 Å². The second-order valence-electron chi connectivity index (χ2n) is 6.79. The van der Waals surface area contributed by atoms with Gasteiger partial charge >= 0.3 is 0 Å². The summed E-state index contributed by atoms with van der Waals surface area (Å²) in [5, 5.41) is 11.5. The van der Waals surface area contributed by atoms with Crippen LogP contribution in [0.5, 0.6) is 0 Å². The molecule has 0 bridgehead atoms. The van der Waals surface area contributed by atoms with Gasteiger partial charge in [0.2, 0.25) is 5.95 Å². The van der Waals surface area contributed by atoms with Crippen molar-refractivity contribution in [3.63, 3.8) is 0 Å². The molecule has 0 amide bonds. The van der Waals surface area contributed by atoms with Gasteiger partial charge in [0.25, 0.3) is 0 Å². The van der Waals surface area contributed by atoms with Gasteiger partial charge in [0.15, 0.2) is 11.8 Å². The second-order valence-corrected chi connectivity index (χ2v) is 6.79. The van der Waals surface area contributed by atoms with Crippen molar-refractivity contribution in [1.82, 2.24) is 34.9 Å². The smallest absolute Gasteiger partial charge is 0.204 e. The van der Waals surface area contributed by atoms with Gasteiger partial charge in [0, 0.05) is 47.1 Å². The molecule has 0 spiro atoms. The standard InChI is InChI=1S/C17H29N9/c1-6-14-22-15-8-7-12(11-26(15)23-14)21-16(18-2)19-9-13-10-20-17(24(3)4)25(13)5/h10,12H,6-9,11H2,1-5H3,(H2,18,19,21). The number of nitrogens with zero attached hydrogens (tertiary/aromatic N) is 7. The summed E-state index contributed by atoms with van der Waals surface area (Å²) in [5.74, 6) is 3.74. The third-order valence-corrected chi connectivity index (χ3v) is 4.68. The Morgan fingerprint density at radius 3 is 2.88 bits per heavy atom. The molecule has 2 aromatic rings. The highest BCUT2D eigenvalue weighted by atomic mass is 15.4.